The minimum Gasteiger partial charge on any atom is -0.445 e. The predicted octanol–water partition coefficient (Wildman–Crippen LogP) is 3.17. The molecule has 108 valence electrons. The number of aryl methyl sites for hydroxylation is 1. The lowest BCUT2D eigenvalue weighted by Gasteiger charge is -2.10. The molecule has 1 heterocycles. The maximum absolute atomic E-state index is 12.1. The van der Waals surface area contributed by atoms with Gasteiger partial charge in [-0.25, -0.2) is 4.98 Å². The maximum atomic E-state index is 12.1. The molecule has 0 spiro atoms. The third kappa shape index (κ3) is 4.58. The van der Waals surface area contributed by atoms with E-state index in [1.165, 1.54) is 18.2 Å². The zero-order valence-corrected chi connectivity index (χ0v) is 10.7. The van der Waals surface area contributed by atoms with E-state index < -0.39 is 6.36 Å². The van der Waals surface area contributed by atoms with Crippen molar-refractivity contribution in [3.63, 3.8) is 0 Å². The smallest absolute Gasteiger partial charge is 0.445 e. The minimum absolute atomic E-state index is 0.233. The summed E-state index contributed by atoms with van der Waals surface area (Å²) in [6.45, 7) is 2.57. The van der Waals surface area contributed by atoms with Crippen molar-refractivity contribution < 1.29 is 22.3 Å². The monoisotopic (exact) mass is 286 g/mol. The van der Waals surface area contributed by atoms with Gasteiger partial charge in [-0.05, 0) is 24.6 Å². The molecule has 0 atom stereocenters. The third-order valence-electron chi connectivity index (χ3n) is 2.41. The first-order valence-electron chi connectivity index (χ1n) is 5.89. The Labute approximate surface area is 113 Å². The van der Waals surface area contributed by atoms with Crippen LogP contribution in [0.1, 0.15) is 17.2 Å². The van der Waals surface area contributed by atoms with E-state index in [0.29, 0.717) is 30.3 Å². The highest BCUT2D eigenvalue weighted by Crippen LogP contribution is 2.23. The number of ether oxygens (including phenoxy) is 1. The van der Waals surface area contributed by atoms with Crippen LogP contribution in [0.25, 0.3) is 0 Å². The van der Waals surface area contributed by atoms with Crippen LogP contribution in [0.15, 0.2) is 34.9 Å². The first-order valence-corrected chi connectivity index (χ1v) is 5.89. The summed E-state index contributed by atoms with van der Waals surface area (Å²) in [6.07, 6.45) is -3.07. The van der Waals surface area contributed by atoms with Gasteiger partial charge in [-0.3, -0.25) is 0 Å². The van der Waals surface area contributed by atoms with Gasteiger partial charge in [0, 0.05) is 6.54 Å². The average Bonchev–Trinajstić information content (AvgIpc) is 2.73. The number of alkyl halides is 3. The number of hydrogen-bond acceptors (Lipinski definition) is 4. The van der Waals surface area contributed by atoms with Crippen molar-refractivity contribution >= 4 is 0 Å². The van der Waals surface area contributed by atoms with Crippen molar-refractivity contribution in [2.45, 2.75) is 26.4 Å². The molecule has 1 aromatic carbocycles. The van der Waals surface area contributed by atoms with Crippen molar-refractivity contribution in [1.82, 2.24) is 10.3 Å². The second-order valence-electron chi connectivity index (χ2n) is 4.16. The van der Waals surface area contributed by atoms with E-state index in [1.807, 2.05) is 0 Å². The van der Waals surface area contributed by atoms with Crippen molar-refractivity contribution in [3.8, 4) is 5.75 Å². The molecule has 0 radical (unpaired) electrons. The van der Waals surface area contributed by atoms with Gasteiger partial charge in [0.2, 0.25) is 5.89 Å². The van der Waals surface area contributed by atoms with Gasteiger partial charge in [0.05, 0.1) is 12.7 Å². The number of oxazole rings is 1. The fourth-order valence-electron chi connectivity index (χ4n) is 1.65. The van der Waals surface area contributed by atoms with Crippen molar-refractivity contribution in [3.05, 3.63) is 47.7 Å². The number of benzene rings is 1. The molecule has 2 rings (SSSR count). The van der Waals surface area contributed by atoms with E-state index in [-0.39, 0.29) is 5.75 Å². The van der Waals surface area contributed by atoms with Crippen LogP contribution in [0.2, 0.25) is 0 Å². The Hall–Kier alpha value is -2.02. The molecule has 0 aliphatic heterocycles. The van der Waals surface area contributed by atoms with Crippen LogP contribution in [-0.4, -0.2) is 11.3 Å². The molecule has 1 aromatic heterocycles. The van der Waals surface area contributed by atoms with E-state index in [1.54, 1.807) is 19.2 Å². The van der Waals surface area contributed by atoms with Gasteiger partial charge < -0.3 is 14.5 Å². The second kappa shape index (κ2) is 5.96. The minimum atomic E-state index is -4.68. The number of halogens is 3. The fourth-order valence-corrected chi connectivity index (χ4v) is 1.65. The molecule has 0 saturated heterocycles. The number of aromatic nitrogens is 1. The van der Waals surface area contributed by atoms with Crippen LogP contribution >= 0.6 is 0 Å². The normalized spacial score (nSPS) is 11.6. The van der Waals surface area contributed by atoms with E-state index in [0.717, 1.165) is 0 Å². The lowest BCUT2D eigenvalue weighted by molar-refractivity contribution is -0.274. The Morgan fingerprint density at radius 2 is 2.10 bits per heavy atom. The van der Waals surface area contributed by atoms with E-state index in [4.69, 9.17) is 4.42 Å². The SMILES string of the molecule is Cc1cnc(CNCc2cccc(OC(F)(F)F)c2)o1. The summed E-state index contributed by atoms with van der Waals surface area (Å²) in [6, 6.07) is 5.81. The Kier molecular flexibility index (Phi) is 4.29. The van der Waals surface area contributed by atoms with Gasteiger partial charge in [0.25, 0.3) is 0 Å². The summed E-state index contributed by atoms with van der Waals surface area (Å²) in [4.78, 5) is 4.01. The molecular formula is C13H13F3N2O2. The van der Waals surface area contributed by atoms with Crippen LogP contribution in [0.4, 0.5) is 13.2 Å². The summed E-state index contributed by atoms with van der Waals surface area (Å²) in [5.41, 5.74) is 0.676. The number of nitrogens with one attached hydrogen (secondary N) is 1. The molecular weight excluding hydrogens is 273 g/mol. The molecule has 0 aliphatic carbocycles. The van der Waals surface area contributed by atoms with Crippen molar-refractivity contribution in [1.29, 1.82) is 0 Å². The molecule has 0 unspecified atom stereocenters. The molecule has 0 fully saturated rings. The zero-order valence-electron chi connectivity index (χ0n) is 10.7. The third-order valence-corrected chi connectivity index (χ3v) is 2.41. The lowest BCUT2D eigenvalue weighted by atomic mass is 10.2. The highest BCUT2D eigenvalue weighted by atomic mass is 19.4. The molecule has 0 amide bonds. The first-order chi connectivity index (χ1) is 9.42. The van der Waals surface area contributed by atoms with Crippen molar-refractivity contribution in [2.24, 2.45) is 0 Å². The van der Waals surface area contributed by atoms with Gasteiger partial charge in [-0.1, -0.05) is 12.1 Å². The average molecular weight is 286 g/mol. The van der Waals surface area contributed by atoms with Gasteiger partial charge >= 0.3 is 6.36 Å². The van der Waals surface area contributed by atoms with Gasteiger partial charge in [-0.2, -0.15) is 0 Å². The van der Waals surface area contributed by atoms with Gasteiger partial charge in [0.15, 0.2) is 0 Å². The topological polar surface area (TPSA) is 47.3 Å². The van der Waals surface area contributed by atoms with Crippen molar-refractivity contribution in [2.75, 3.05) is 0 Å². The Balaban J connectivity index is 1.88. The molecule has 0 saturated carbocycles. The predicted molar refractivity (Wildman–Crippen MR) is 64.9 cm³/mol. The number of nitrogens with zero attached hydrogens (tertiary/aromatic N) is 1. The fraction of sp³-hybridized carbons (Fsp3) is 0.308. The molecule has 2 aromatic rings. The van der Waals surface area contributed by atoms with Crippen LogP contribution in [-0.2, 0) is 13.1 Å². The van der Waals surface area contributed by atoms with Gasteiger partial charge in [-0.15, -0.1) is 13.2 Å². The standard InChI is InChI=1S/C13H13F3N2O2/c1-9-6-18-12(19-9)8-17-7-10-3-2-4-11(5-10)20-13(14,15)16/h2-6,17H,7-8H2,1H3. The first kappa shape index (κ1) is 14.4. The van der Waals surface area contributed by atoms with E-state index >= 15 is 0 Å². The van der Waals surface area contributed by atoms with Crippen LogP contribution in [0, 0.1) is 6.92 Å². The molecule has 0 aliphatic rings. The quantitative estimate of drug-likeness (QED) is 0.917. The highest BCUT2D eigenvalue weighted by Gasteiger charge is 2.31. The number of rotatable bonds is 5. The molecule has 4 nitrogen and oxygen atoms in total. The Morgan fingerprint density at radius 3 is 2.75 bits per heavy atom. The van der Waals surface area contributed by atoms with Crippen LogP contribution in [0.3, 0.4) is 0 Å². The summed E-state index contributed by atoms with van der Waals surface area (Å²) in [5, 5.41) is 3.03. The Morgan fingerprint density at radius 1 is 1.30 bits per heavy atom. The molecule has 1 N–H and O–H groups in total. The zero-order chi connectivity index (χ0) is 14.6. The largest absolute Gasteiger partial charge is 0.573 e. The summed E-state index contributed by atoms with van der Waals surface area (Å²) >= 11 is 0. The van der Waals surface area contributed by atoms with Gasteiger partial charge in [0.1, 0.15) is 11.5 Å². The molecule has 7 heteroatoms. The van der Waals surface area contributed by atoms with Crippen LogP contribution < -0.4 is 10.1 Å². The van der Waals surface area contributed by atoms with Crippen LogP contribution in [0.5, 0.6) is 5.75 Å². The summed E-state index contributed by atoms with van der Waals surface area (Å²) < 4.78 is 45.4. The molecule has 0 bridgehead atoms. The van der Waals surface area contributed by atoms with E-state index in [2.05, 4.69) is 15.0 Å². The maximum Gasteiger partial charge on any atom is 0.573 e. The Bertz CT molecular complexity index is 567. The second-order valence-corrected chi connectivity index (χ2v) is 4.16. The summed E-state index contributed by atoms with van der Waals surface area (Å²) in [5.74, 6) is 1.01. The summed E-state index contributed by atoms with van der Waals surface area (Å²) in [7, 11) is 0. The number of hydrogen-bond donors (Lipinski definition) is 1. The lowest BCUT2D eigenvalue weighted by Crippen LogP contribution is -2.17. The highest BCUT2D eigenvalue weighted by molar-refractivity contribution is 5.28. The van der Waals surface area contributed by atoms with E-state index in [9.17, 15) is 13.2 Å². The molecule has 20 heavy (non-hydrogen) atoms.